The molecule has 1 N–H and O–H groups in total. The highest BCUT2D eigenvalue weighted by Gasteiger charge is 2.21. The van der Waals surface area contributed by atoms with Crippen LogP contribution in [0.1, 0.15) is 15.9 Å². The van der Waals surface area contributed by atoms with Gasteiger partial charge in [-0.3, -0.25) is 9.20 Å². The highest BCUT2D eigenvalue weighted by Crippen LogP contribution is 2.39. The van der Waals surface area contributed by atoms with E-state index < -0.39 is 0 Å². The molecule has 180 valence electrons. The molecule has 0 spiro atoms. The molecule has 0 bridgehead atoms. The maximum absolute atomic E-state index is 13.5. The zero-order valence-electron chi connectivity index (χ0n) is 20.0. The lowest BCUT2D eigenvalue weighted by Gasteiger charge is -2.16. The number of imidazole rings is 1. The Morgan fingerprint density at radius 1 is 0.861 bits per heavy atom. The van der Waals surface area contributed by atoms with E-state index in [4.69, 9.17) is 19.2 Å². The minimum absolute atomic E-state index is 0.330. The molecular weight excluding hydrogens is 454 g/mol. The maximum atomic E-state index is 13.5. The molecule has 0 saturated heterocycles. The standard InChI is InChI=1S/C29H25N3O4/c1-34-23-17-22(18-24(35-2)27(23)36-19-20-11-5-3-6-12-20)29(33)31-28-26(21-13-7-4-8-14-21)30-25-15-9-10-16-32(25)28/h3-18H,19H2,1-2H3,(H,31,33). The first-order chi connectivity index (χ1) is 17.7. The van der Waals surface area contributed by atoms with Crippen molar-refractivity contribution >= 4 is 17.4 Å². The van der Waals surface area contributed by atoms with Gasteiger partial charge in [0.15, 0.2) is 11.5 Å². The topological polar surface area (TPSA) is 74.1 Å². The van der Waals surface area contributed by atoms with Gasteiger partial charge in [-0.25, -0.2) is 4.98 Å². The third-order valence-electron chi connectivity index (χ3n) is 5.76. The number of carbonyl (C=O) groups excluding carboxylic acids is 1. The van der Waals surface area contributed by atoms with Crippen molar-refractivity contribution in [2.45, 2.75) is 6.61 Å². The van der Waals surface area contributed by atoms with Crippen molar-refractivity contribution in [2.24, 2.45) is 0 Å². The van der Waals surface area contributed by atoms with E-state index in [-0.39, 0.29) is 5.91 Å². The monoisotopic (exact) mass is 479 g/mol. The summed E-state index contributed by atoms with van der Waals surface area (Å²) in [6, 6.07) is 28.5. The Kier molecular flexibility index (Phi) is 6.53. The molecule has 0 aliphatic rings. The molecule has 7 nitrogen and oxygen atoms in total. The smallest absolute Gasteiger partial charge is 0.257 e. The van der Waals surface area contributed by atoms with Crippen LogP contribution in [0.5, 0.6) is 17.2 Å². The van der Waals surface area contributed by atoms with E-state index >= 15 is 0 Å². The van der Waals surface area contributed by atoms with E-state index in [1.807, 2.05) is 89.5 Å². The predicted molar refractivity (Wildman–Crippen MR) is 139 cm³/mol. The van der Waals surface area contributed by atoms with Gasteiger partial charge >= 0.3 is 0 Å². The number of ether oxygens (including phenoxy) is 3. The molecule has 36 heavy (non-hydrogen) atoms. The van der Waals surface area contributed by atoms with Gasteiger partial charge in [0, 0.05) is 17.3 Å². The van der Waals surface area contributed by atoms with E-state index in [2.05, 4.69) is 5.32 Å². The summed E-state index contributed by atoms with van der Waals surface area (Å²) >= 11 is 0. The number of amides is 1. The summed E-state index contributed by atoms with van der Waals surface area (Å²) in [5.41, 5.74) is 3.67. The zero-order chi connectivity index (χ0) is 24.9. The van der Waals surface area contributed by atoms with E-state index in [0.29, 0.717) is 40.9 Å². The number of hydrogen-bond donors (Lipinski definition) is 1. The van der Waals surface area contributed by atoms with Gasteiger partial charge in [0.2, 0.25) is 5.75 Å². The molecule has 0 radical (unpaired) electrons. The summed E-state index contributed by atoms with van der Waals surface area (Å²) in [4.78, 5) is 18.2. The van der Waals surface area contributed by atoms with Crippen LogP contribution in [0, 0.1) is 0 Å². The van der Waals surface area contributed by atoms with Crippen LogP contribution < -0.4 is 19.5 Å². The number of fused-ring (bicyclic) bond motifs is 1. The van der Waals surface area contributed by atoms with Crippen molar-refractivity contribution < 1.29 is 19.0 Å². The van der Waals surface area contributed by atoms with Gasteiger partial charge < -0.3 is 19.5 Å². The van der Waals surface area contributed by atoms with Crippen LogP contribution in [-0.4, -0.2) is 29.5 Å². The van der Waals surface area contributed by atoms with Crippen molar-refractivity contribution in [2.75, 3.05) is 19.5 Å². The van der Waals surface area contributed by atoms with Crippen LogP contribution in [-0.2, 0) is 6.61 Å². The fourth-order valence-electron chi connectivity index (χ4n) is 3.98. The number of methoxy groups -OCH3 is 2. The first-order valence-electron chi connectivity index (χ1n) is 11.4. The molecule has 0 atom stereocenters. The van der Waals surface area contributed by atoms with Crippen molar-refractivity contribution in [1.29, 1.82) is 0 Å². The third kappa shape index (κ3) is 4.59. The second-order valence-corrected chi connectivity index (χ2v) is 8.04. The molecule has 0 unspecified atom stereocenters. The van der Waals surface area contributed by atoms with Gasteiger partial charge in [0.25, 0.3) is 5.91 Å². The molecule has 1 amide bonds. The minimum Gasteiger partial charge on any atom is -0.493 e. The molecule has 2 aromatic heterocycles. The number of rotatable bonds is 8. The Balaban J connectivity index is 1.48. The molecule has 5 rings (SSSR count). The Bertz CT molecular complexity index is 1470. The highest BCUT2D eigenvalue weighted by atomic mass is 16.5. The first-order valence-corrected chi connectivity index (χ1v) is 11.4. The Hall–Kier alpha value is -4.78. The number of benzene rings is 3. The van der Waals surface area contributed by atoms with E-state index in [0.717, 1.165) is 16.8 Å². The summed E-state index contributed by atoms with van der Waals surface area (Å²) in [5.74, 6) is 1.47. The lowest BCUT2D eigenvalue weighted by molar-refractivity contribution is 0.102. The molecule has 3 aromatic carbocycles. The van der Waals surface area contributed by atoms with Gasteiger partial charge in [0.1, 0.15) is 23.8 Å². The summed E-state index contributed by atoms with van der Waals surface area (Å²) < 4.78 is 19.0. The van der Waals surface area contributed by atoms with Crippen molar-refractivity contribution in [3.05, 3.63) is 108 Å². The number of hydrogen-bond acceptors (Lipinski definition) is 5. The Morgan fingerprint density at radius 2 is 1.50 bits per heavy atom. The molecule has 7 heteroatoms. The number of aromatic nitrogens is 2. The van der Waals surface area contributed by atoms with Crippen LogP contribution in [0.4, 0.5) is 5.82 Å². The fourth-order valence-corrected chi connectivity index (χ4v) is 3.98. The van der Waals surface area contributed by atoms with Crippen LogP contribution in [0.15, 0.2) is 97.2 Å². The van der Waals surface area contributed by atoms with Gasteiger partial charge in [-0.05, 0) is 29.8 Å². The van der Waals surface area contributed by atoms with E-state index in [1.165, 1.54) is 14.2 Å². The summed E-state index contributed by atoms with van der Waals surface area (Å²) in [6.07, 6.45) is 1.87. The Morgan fingerprint density at radius 3 is 2.17 bits per heavy atom. The molecule has 0 aliphatic heterocycles. The molecule has 0 saturated carbocycles. The summed E-state index contributed by atoms with van der Waals surface area (Å²) in [6.45, 7) is 0.335. The van der Waals surface area contributed by atoms with Crippen molar-refractivity contribution in [3.63, 3.8) is 0 Å². The maximum Gasteiger partial charge on any atom is 0.257 e. The quantitative estimate of drug-likeness (QED) is 0.302. The number of carbonyl (C=O) groups is 1. The van der Waals surface area contributed by atoms with Crippen LogP contribution >= 0.6 is 0 Å². The van der Waals surface area contributed by atoms with Crippen LogP contribution in [0.2, 0.25) is 0 Å². The molecule has 2 heterocycles. The average molecular weight is 480 g/mol. The number of pyridine rings is 1. The van der Waals surface area contributed by atoms with E-state index in [1.54, 1.807) is 12.1 Å². The molecular formula is C29H25N3O4. The first kappa shape index (κ1) is 23.0. The van der Waals surface area contributed by atoms with Crippen molar-refractivity contribution in [3.8, 4) is 28.5 Å². The second-order valence-electron chi connectivity index (χ2n) is 8.04. The SMILES string of the molecule is COc1cc(C(=O)Nc2c(-c3ccccc3)nc3ccccn23)cc(OC)c1OCc1ccccc1. The molecule has 5 aromatic rings. The van der Waals surface area contributed by atoms with Crippen LogP contribution in [0.25, 0.3) is 16.9 Å². The number of nitrogens with zero attached hydrogens (tertiary/aromatic N) is 2. The normalized spacial score (nSPS) is 10.7. The van der Waals surface area contributed by atoms with Crippen LogP contribution in [0.3, 0.4) is 0 Å². The zero-order valence-corrected chi connectivity index (χ0v) is 20.0. The van der Waals surface area contributed by atoms with Gasteiger partial charge in [-0.2, -0.15) is 0 Å². The van der Waals surface area contributed by atoms with Gasteiger partial charge in [0.05, 0.1) is 14.2 Å². The minimum atomic E-state index is -0.330. The summed E-state index contributed by atoms with van der Waals surface area (Å²) in [7, 11) is 3.06. The molecule has 0 fully saturated rings. The molecule has 0 aliphatic carbocycles. The second kappa shape index (κ2) is 10.2. The number of nitrogens with one attached hydrogen (secondary N) is 1. The van der Waals surface area contributed by atoms with Gasteiger partial charge in [-0.15, -0.1) is 0 Å². The third-order valence-corrected chi connectivity index (χ3v) is 5.76. The highest BCUT2D eigenvalue weighted by molar-refractivity contribution is 6.06. The summed E-state index contributed by atoms with van der Waals surface area (Å²) in [5, 5.41) is 3.04. The van der Waals surface area contributed by atoms with Gasteiger partial charge in [-0.1, -0.05) is 66.7 Å². The predicted octanol–water partition coefficient (Wildman–Crippen LogP) is 5.85. The van der Waals surface area contributed by atoms with E-state index in [9.17, 15) is 4.79 Å². The van der Waals surface area contributed by atoms with Crippen molar-refractivity contribution in [1.82, 2.24) is 9.38 Å². The average Bonchev–Trinajstić information content (AvgIpc) is 3.30. The lowest BCUT2D eigenvalue weighted by atomic mass is 10.1. The lowest BCUT2D eigenvalue weighted by Crippen LogP contribution is -2.15. The Labute approximate surface area is 208 Å². The fraction of sp³-hybridized carbons (Fsp3) is 0.103. The number of anilines is 1. The largest absolute Gasteiger partial charge is 0.493 e.